The van der Waals surface area contributed by atoms with E-state index in [0.717, 1.165) is 5.56 Å². The van der Waals surface area contributed by atoms with Crippen LogP contribution in [-0.2, 0) is 21.2 Å². The number of hydrogen-bond donors (Lipinski definition) is 0. The van der Waals surface area contributed by atoms with E-state index in [-0.39, 0.29) is 30.7 Å². The lowest BCUT2D eigenvalue weighted by molar-refractivity contribution is 0.129. The monoisotopic (exact) mass is 368 g/mol. The summed E-state index contributed by atoms with van der Waals surface area (Å²) in [5.41, 5.74) is 0.993. The summed E-state index contributed by atoms with van der Waals surface area (Å²) < 4.78 is 43.9. The highest BCUT2D eigenvalue weighted by molar-refractivity contribution is 7.89. The number of aryl methyl sites for hydroxylation is 1. The second-order valence-electron chi connectivity index (χ2n) is 6.30. The van der Waals surface area contributed by atoms with Gasteiger partial charge in [-0.3, -0.25) is 0 Å². The number of carbonyl (C=O) groups excluding carboxylic acids is 1. The molecule has 1 amide bonds. The van der Waals surface area contributed by atoms with Crippen molar-refractivity contribution in [3.8, 4) is 0 Å². The van der Waals surface area contributed by atoms with Gasteiger partial charge in [0.2, 0.25) is 10.0 Å². The summed E-state index contributed by atoms with van der Waals surface area (Å²) >= 11 is 0. The maximum Gasteiger partial charge on any atom is 0.410 e. The zero-order valence-corrected chi connectivity index (χ0v) is 14.6. The lowest BCUT2D eigenvalue weighted by atomic mass is 10.1. The zero-order chi connectivity index (χ0) is 18.0. The van der Waals surface area contributed by atoms with Crippen molar-refractivity contribution in [3.63, 3.8) is 0 Å². The molecule has 3 rings (SSSR count). The molecule has 8 heteroatoms. The molecule has 136 valence electrons. The Balaban J connectivity index is 1.58. The van der Waals surface area contributed by atoms with Gasteiger partial charge in [0.1, 0.15) is 11.9 Å². The van der Waals surface area contributed by atoms with Crippen molar-refractivity contribution in [1.29, 1.82) is 0 Å². The number of sulfonamides is 1. The largest absolute Gasteiger partial charge is 0.442 e. The van der Waals surface area contributed by atoms with E-state index in [1.807, 2.05) is 0 Å². The molecule has 0 N–H and O–H groups in total. The molecule has 0 aliphatic carbocycles. The van der Waals surface area contributed by atoms with E-state index >= 15 is 0 Å². The first-order valence-electron chi connectivity index (χ1n) is 8.21. The molecule has 1 aromatic rings. The van der Waals surface area contributed by atoms with Gasteiger partial charge < -0.3 is 9.64 Å². The first-order valence-corrected chi connectivity index (χ1v) is 9.82. The molecule has 2 atom stereocenters. The summed E-state index contributed by atoms with van der Waals surface area (Å²) in [6.07, 6.45) is 1.95. The molecule has 25 heavy (non-hydrogen) atoms. The molecule has 0 aromatic heterocycles. The van der Waals surface area contributed by atoms with Gasteiger partial charge in [0.15, 0.2) is 0 Å². The average Bonchev–Trinajstić information content (AvgIpc) is 3.08. The molecule has 2 aliphatic rings. The van der Waals surface area contributed by atoms with E-state index in [1.54, 1.807) is 17.0 Å². The second-order valence-corrected chi connectivity index (χ2v) is 8.31. The molecule has 1 aromatic carbocycles. The van der Waals surface area contributed by atoms with E-state index in [0.29, 0.717) is 19.4 Å². The van der Waals surface area contributed by atoms with E-state index in [4.69, 9.17) is 4.74 Å². The standard InChI is InChI=1S/C17H21FN2O4S/c1-2-10-25(22,23)19-11-15-16(12-19)24-17(21)20(15)9-3-4-13-5-7-14(18)8-6-13/h2,5-8,15-16H,1,3-4,9-12H2/t15-,16+/m1/s1. The first-order chi connectivity index (χ1) is 11.9. The van der Waals surface area contributed by atoms with Gasteiger partial charge in [0, 0.05) is 13.1 Å². The van der Waals surface area contributed by atoms with Crippen molar-refractivity contribution >= 4 is 16.1 Å². The molecule has 0 radical (unpaired) electrons. The predicted molar refractivity (Wildman–Crippen MR) is 91.0 cm³/mol. The lowest BCUT2D eigenvalue weighted by Crippen LogP contribution is -2.40. The quantitative estimate of drug-likeness (QED) is 0.688. The number of nitrogens with zero attached hydrogens (tertiary/aromatic N) is 2. The highest BCUT2D eigenvalue weighted by Crippen LogP contribution is 2.29. The number of carbonyl (C=O) groups is 1. The van der Waals surface area contributed by atoms with Crippen LogP contribution in [0.5, 0.6) is 0 Å². The second kappa shape index (κ2) is 7.13. The van der Waals surface area contributed by atoms with Crippen LogP contribution in [0.2, 0.25) is 0 Å². The summed E-state index contributed by atoms with van der Waals surface area (Å²) in [5.74, 6) is -0.396. The molecule has 2 aliphatic heterocycles. The van der Waals surface area contributed by atoms with Crippen molar-refractivity contribution in [2.75, 3.05) is 25.4 Å². The third-order valence-corrected chi connectivity index (χ3v) is 6.33. The lowest BCUT2D eigenvalue weighted by Gasteiger charge is -2.22. The molecule has 6 nitrogen and oxygen atoms in total. The van der Waals surface area contributed by atoms with Gasteiger partial charge in [-0.2, -0.15) is 4.31 Å². The Hall–Kier alpha value is -1.93. The highest BCUT2D eigenvalue weighted by Gasteiger charge is 2.49. The van der Waals surface area contributed by atoms with E-state index < -0.39 is 22.2 Å². The first kappa shape index (κ1) is 17.9. The van der Waals surface area contributed by atoms with Crippen LogP contribution in [0.25, 0.3) is 0 Å². The van der Waals surface area contributed by atoms with Gasteiger partial charge in [-0.15, -0.1) is 6.58 Å². The van der Waals surface area contributed by atoms with Crippen LogP contribution in [0, 0.1) is 5.82 Å². The van der Waals surface area contributed by atoms with Crippen molar-refractivity contribution in [1.82, 2.24) is 9.21 Å². The molecule has 2 heterocycles. The highest BCUT2D eigenvalue weighted by atomic mass is 32.2. The van der Waals surface area contributed by atoms with Crippen LogP contribution in [-0.4, -0.2) is 61.2 Å². The van der Waals surface area contributed by atoms with Crippen LogP contribution in [0.15, 0.2) is 36.9 Å². The van der Waals surface area contributed by atoms with E-state index in [9.17, 15) is 17.6 Å². The summed E-state index contributed by atoms with van der Waals surface area (Å²) in [7, 11) is -3.40. The number of amides is 1. The van der Waals surface area contributed by atoms with E-state index in [2.05, 4.69) is 6.58 Å². The number of ether oxygens (including phenoxy) is 1. The Labute approximate surface area is 146 Å². The molecule has 0 unspecified atom stereocenters. The summed E-state index contributed by atoms with van der Waals surface area (Å²) in [5, 5.41) is 0. The molecule has 2 saturated heterocycles. The Morgan fingerprint density at radius 1 is 1.28 bits per heavy atom. The van der Waals surface area contributed by atoms with E-state index in [1.165, 1.54) is 22.5 Å². The fourth-order valence-corrected chi connectivity index (χ4v) is 4.58. The van der Waals surface area contributed by atoms with Crippen molar-refractivity contribution in [2.45, 2.75) is 25.0 Å². The maximum atomic E-state index is 12.9. The minimum atomic E-state index is -3.40. The molecule has 0 bridgehead atoms. The summed E-state index contributed by atoms with van der Waals surface area (Å²) in [6, 6.07) is 6.02. The summed E-state index contributed by atoms with van der Waals surface area (Å²) in [6.45, 7) is 4.39. The van der Waals surface area contributed by atoms with Crippen molar-refractivity contribution in [3.05, 3.63) is 48.3 Å². The number of benzene rings is 1. The van der Waals surface area contributed by atoms with Crippen LogP contribution < -0.4 is 0 Å². The van der Waals surface area contributed by atoms with Crippen LogP contribution in [0.4, 0.5) is 9.18 Å². The third-order valence-electron chi connectivity index (χ3n) is 4.59. The SMILES string of the molecule is C=CCS(=O)(=O)N1C[C@@H]2OC(=O)N(CCCc3ccc(F)cc3)[C@@H]2C1. The Bertz CT molecular complexity index is 750. The zero-order valence-electron chi connectivity index (χ0n) is 13.8. The molecule has 0 spiro atoms. The number of hydrogen-bond acceptors (Lipinski definition) is 4. The third kappa shape index (κ3) is 3.85. The van der Waals surface area contributed by atoms with Gasteiger partial charge in [-0.25, -0.2) is 17.6 Å². The van der Waals surface area contributed by atoms with Crippen LogP contribution >= 0.6 is 0 Å². The van der Waals surface area contributed by atoms with Crippen LogP contribution in [0.1, 0.15) is 12.0 Å². The fourth-order valence-electron chi connectivity index (χ4n) is 3.31. The molecule has 0 saturated carbocycles. The topological polar surface area (TPSA) is 66.9 Å². The van der Waals surface area contributed by atoms with Crippen LogP contribution in [0.3, 0.4) is 0 Å². The van der Waals surface area contributed by atoms with Gasteiger partial charge >= 0.3 is 6.09 Å². The molecule has 2 fully saturated rings. The normalized spacial score (nSPS) is 23.6. The van der Waals surface area contributed by atoms with Gasteiger partial charge in [0.05, 0.1) is 18.3 Å². The Morgan fingerprint density at radius 3 is 2.68 bits per heavy atom. The van der Waals surface area contributed by atoms with Gasteiger partial charge in [-0.05, 0) is 30.5 Å². The van der Waals surface area contributed by atoms with Crippen molar-refractivity contribution < 1.29 is 22.3 Å². The molecular weight excluding hydrogens is 347 g/mol. The fraction of sp³-hybridized carbons (Fsp3) is 0.471. The predicted octanol–water partition coefficient (Wildman–Crippen LogP) is 1.78. The number of rotatable bonds is 7. The Morgan fingerprint density at radius 2 is 2.00 bits per heavy atom. The minimum absolute atomic E-state index is 0.120. The molecular formula is C17H21FN2O4S. The number of fused-ring (bicyclic) bond motifs is 1. The van der Waals surface area contributed by atoms with Gasteiger partial charge in [0.25, 0.3) is 0 Å². The van der Waals surface area contributed by atoms with Gasteiger partial charge in [-0.1, -0.05) is 18.2 Å². The summed E-state index contributed by atoms with van der Waals surface area (Å²) in [4.78, 5) is 13.6. The average molecular weight is 368 g/mol. The Kier molecular flexibility index (Phi) is 5.10. The number of halogens is 1. The minimum Gasteiger partial charge on any atom is -0.442 e. The maximum absolute atomic E-state index is 12.9. The van der Waals surface area contributed by atoms with Crippen molar-refractivity contribution in [2.24, 2.45) is 0 Å². The smallest absolute Gasteiger partial charge is 0.410 e.